The molecule has 4 aromatic rings. The molecule has 0 aliphatic carbocycles. The number of aromatic nitrogens is 3. The zero-order valence-corrected chi connectivity index (χ0v) is 15.4. The minimum Gasteiger partial charge on any atom is -0.266 e. The summed E-state index contributed by atoms with van der Waals surface area (Å²) in [5.41, 5.74) is 0.0357. The Balaban J connectivity index is 1.79. The standard InChI is InChI=1S/C19H11FN4O4S/c20-13-6-4-11(5-7-13)9-15-17(25)21-19-23(22-15)18(26)16(29-19)10-12-2-1-3-14(8-12)24(27)28/h1-8,10H,9H2/b16-10+. The van der Waals surface area contributed by atoms with Crippen molar-refractivity contribution in [3.63, 3.8) is 0 Å². The van der Waals surface area contributed by atoms with E-state index in [0.29, 0.717) is 11.1 Å². The Kier molecular flexibility index (Phi) is 4.69. The average molecular weight is 410 g/mol. The van der Waals surface area contributed by atoms with Gasteiger partial charge in [-0.3, -0.25) is 19.7 Å². The summed E-state index contributed by atoms with van der Waals surface area (Å²) in [7, 11) is 0. The van der Waals surface area contributed by atoms with Gasteiger partial charge in [0.05, 0.1) is 9.46 Å². The maximum Gasteiger partial charge on any atom is 0.296 e. The minimum absolute atomic E-state index is 0.0610. The highest BCUT2D eigenvalue weighted by atomic mass is 32.1. The molecule has 0 aliphatic rings. The molecule has 0 saturated carbocycles. The van der Waals surface area contributed by atoms with Gasteiger partial charge in [-0.05, 0) is 29.3 Å². The third kappa shape index (κ3) is 3.78. The van der Waals surface area contributed by atoms with E-state index in [-0.39, 0.29) is 27.3 Å². The van der Waals surface area contributed by atoms with E-state index in [1.807, 2.05) is 0 Å². The molecule has 0 saturated heterocycles. The largest absolute Gasteiger partial charge is 0.296 e. The van der Waals surface area contributed by atoms with E-state index in [2.05, 4.69) is 10.1 Å². The van der Waals surface area contributed by atoms with Crippen LogP contribution in [0.5, 0.6) is 0 Å². The van der Waals surface area contributed by atoms with Crippen LogP contribution in [0.1, 0.15) is 16.8 Å². The lowest BCUT2D eigenvalue weighted by molar-refractivity contribution is -0.384. The lowest BCUT2D eigenvalue weighted by Gasteiger charge is -2.00. The first-order valence-electron chi connectivity index (χ1n) is 8.34. The Morgan fingerprint density at radius 1 is 1.17 bits per heavy atom. The van der Waals surface area contributed by atoms with Gasteiger partial charge in [0.25, 0.3) is 16.8 Å². The second-order valence-electron chi connectivity index (χ2n) is 6.13. The first kappa shape index (κ1) is 18.6. The zero-order valence-electron chi connectivity index (χ0n) is 14.6. The van der Waals surface area contributed by atoms with E-state index in [9.17, 15) is 24.1 Å². The molecule has 0 fully saturated rings. The third-order valence-corrected chi connectivity index (χ3v) is 5.07. The van der Waals surface area contributed by atoms with Crippen LogP contribution in [0.2, 0.25) is 0 Å². The van der Waals surface area contributed by atoms with Crippen molar-refractivity contribution in [2.45, 2.75) is 6.42 Å². The molecule has 0 spiro atoms. The first-order chi connectivity index (χ1) is 13.9. The minimum atomic E-state index is -0.572. The van der Waals surface area contributed by atoms with Crippen molar-refractivity contribution >= 4 is 28.1 Å². The number of hydrogen-bond acceptors (Lipinski definition) is 7. The van der Waals surface area contributed by atoms with Crippen molar-refractivity contribution in [1.29, 1.82) is 0 Å². The summed E-state index contributed by atoms with van der Waals surface area (Å²) in [6.45, 7) is 0. The van der Waals surface area contributed by atoms with Gasteiger partial charge < -0.3 is 0 Å². The molecule has 29 heavy (non-hydrogen) atoms. The summed E-state index contributed by atoms with van der Waals surface area (Å²) < 4.78 is 14.3. The lowest BCUT2D eigenvalue weighted by Crippen LogP contribution is -2.28. The maximum absolute atomic E-state index is 13.0. The van der Waals surface area contributed by atoms with Crippen LogP contribution in [0.3, 0.4) is 0 Å². The molecule has 0 atom stereocenters. The van der Waals surface area contributed by atoms with Crippen molar-refractivity contribution in [3.05, 3.63) is 107 Å². The fourth-order valence-electron chi connectivity index (χ4n) is 2.73. The van der Waals surface area contributed by atoms with E-state index in [1.54, 1.807) is 6.07 Å². The number of non-ortho nitro benzene ring substituents is 1. The number of nitrogens with zero attached hydrogens (tertiary/aromatic N) is 4. The predicted octanol–water partition coefficient (Wildman–Crippen LogP) is 1.70. The van der Waals surface area contributed by atoms with Crippen molar-refractivity contribution in [2.75, 3.05) is 0 Å². The molecule has 0 N–H and O–H groups in total. The number of thiazole rings is 1. The number of fused-ring (bicyclic) bond motifs is 1. The van der Waals surface area contributed by atoms with Crippen molar-refractivity contribution in [3.8, 4) is 0 Å². The molecule has 10 heteroatoms. The van der Waals surface area contributed by atoms with Crippen LogP contribution in [-0.4, -0.2) is 19.5 Å². The number of benzene rings is 2. The Hall–Kier alpha value is -3.79. The van der Waals surface area contributed by atoms with Crippen LogP contribution in [0.15, 0.2) is 58.1 Å². The topological polar surface area (TPSA) is 107 Å². The first-order valence-corrected chi connectivity index (χ1v) is 9.16. The molecule has 0 unspecified atom stereocenters. The number of halogens is 1. The second-order valence-corrected chi connectivity index (χ2v) is 7.14. The van der Waals surface area contributed by atoms with Gasteiger partial charge in [-0.25, -0.2) is 4.39 Å². The van der Waals surface area contributed by atoms with Crippen molar-refractivity contribution in [2.24, 2.45) is 0 Å². The number of hydrogen-bond donors (Lipinski definition) is 0. The molecule has 144 valence electrons. The molecule has 2 heterocycles. The van der Waals surface area contributed by atoms with Crippen LogP contribution in [-0.2, 0) is 6.42 Å². The van der Waals surface area contributed by atoms with Gasteiger partial charge in [0.2, 0.25) is 4.96 Å². The van der Waals surface area contributed by atoms with Gasteiger partial charge in [0, 0.05) is 18.6 Å². The zero-order chi connectivity index (χ0) is 20.5. The van der Waals surface area contributed by atoms with Crippen LogP contribution in [0.4, 0.5) is 10.1 Å². The second kappa shape index (κ2) is 7.32. The molecule has 0 aliphatic heterocycles. The normalized spacial score (nSPS) is 11.8. The highest BCUT2D eigenvalue weighted by Crippen LogP contribution is 2.13. The molecule has 0 radical (unpaired) electrons. The van der Waals surface area contributed by atoms with Crippen LogP contribution >= 0.6 is 11.3 Å². The molecule has 2 aromatic heterocycles. The molecule has 4 rings (SSSR count). The van der Waals surface area contributed by atoms with Gasteiger partial charge in [0.1, 0.15) is 11.5 Å². The highest BCUT2D eigenvalue weighted by molar-refractivity contribution is 7.15. The molecule has 0 amide bonds. The quantitative estimate of drug-likeness (QED) is 0.374. The van der Waals surface area contributed by atoms with Gasteiger partial charge in [-0.15, -0.1) is 0 Å². The smallest absolute Gasteiger partial charge is 0.266 e. The molecule has 2 aromatic carbocycles. The molecule has 0 bridgehead atoms. The Bertz CT molecular complexity index is 1410. The fraction of sp³-hybridized carbons (Fsp3) is 0.0526. The highest BCUT2D eigenvalue weighted by Gasteiger charge is 2.12. The average Bonchev–Trinajstić information content (AvgIpc) is 2.99. The van der Waals surface area contributed by atoms with Gasteiger partial charge in [-0.2, -0.15) is 14.6 Å². The van der Waals surface area contributed by atoms with Gasteiger partial charge >= 0.3 is 0 Å². The summed E-state index contributed by atoms with van der Waals surface area (Å²) in [6.07, 6.45) is 1.59. The number of nitro groups is 1. The Morgan fingerprint density at radius 2 is 1.93 bits per heavy atom. The lowest BCUT2D eigenvalue weighted by atomic mass is 10.1. The van der Waals surface area contributed by atoms with Crippen molar-refractivity contribution in [1.82, 2.24) is 14.6 Å². The fourth-order valence-corrected chi connectivity index (χ4v) is 3.63. The Labute approximate surface area is 165 Å². The summed E-state index contributed by atoms with van der Waals surface area (Å²) in [5, 5.41) is 15.0. The summed E-state index contributed by atoms with van der Waals surface area (Å²) in [5.74, 6) is -0.395. The third-order valence-electron chi connectivity index (χ3n) is 4.11. The van der Waals surface area contributed by atoms with E-state index in [0.717, 1.165) is 15.9 Å². The number of rotatable bonds is 4. The summed E-state index contributed by atoms with van der Waals surface area (Å²) in [6, 6.07) is 11.4. The van der Waals surface area contributed by atoms with Crippen LogP contribution < -0.4 is 15.7 Å². The monoisotopic (exact) mass is 410 g/mol. The van der Waals surface area contributed by atoms with Crippen LogP contribution in [0, 0.1) is 15.9 Å². The summed E-state index contributed by atoms with van der Waals surface area (Å²) >= 11 is 0.966. The molecular formula is C19H11FN4O4S. The maximum atomic E-state index is 13.0. The Morgan fingerprint density at radius 3 is 2.66 bits per heavy atom. The van der Waals surface area contributed by atoms with E-state index in [4.69, 9.17) is 0 Å². The van der Waals surface area contributed by atoms with E-state index >= 15 is 0 Å². The van der Waals surface area contributed by atoms with Gasteiger partial charge in [-0.1, -0.05) is 35.6 Å². The summed E-state index contributed by atoms with van der Waals surface area (Å²) in [4.78, 5) is 39.4. The van der Waals surface area contributed by atoms with Crippen LogP contribution in [0.25, 0.3) is 11.0 Å². The molecule has 8 nitrogen and oxygen atoms in total. The molecular weight excluding hydrogens is 399 g/mol. The van der Waals surface area contributed by atoms with E-state index in [1.165, 1.54) is 48.5 Å². The van der Waals surface area contributed by atoms with Gasteiger partial charge in [0.15, 0.2) is 0 Å². The van der Waals surface area contributed by atoms with E-state index < -0.39 is 21.9 Å². The van der Waals surface area contributed by atoms with Crippen molar-refractivity contribution < 1.29 is 9.31 Å². The SMILES string of the molecule is O=c1nc2s/c(=C/c3cccc([N+](=O)[O-])c3)c(=O)n2nc1Cc1ccc(F)cc1. The predicted molar refractivity (Wildman–Crippen MR) is 104 cm³/mol. The number of nitro benzene ring substituents is 1.